The highest BCUT2D eigenvalue weighted by molar-refractivity contribution is 5.79. The van der Waals surface area contributed by atoms with E-state index in [0.717, 1.165) is 12.8 Å². The van der Waals surface area contributed by atoms with E-state index in [1.165, 1.54) is 19.3 Å². The molecule has 98 valence electrons. The molecule has 0 spiro atoms. The lowest BCUT2D eigenvalue weighted by atomic mass is 9.92. The lowest BCUT2D eigenvalue weighted by Crippen LogP contribution is -2.40. The lowest BCUT2D eigenvalue weighted by molar-refractivity contribution is -0.190. The number of hydrogen-bond acceptors (Lipinski definition) is 4. The third-order valence-corrected chi connectivity index (χ3v) is 3.45. The first-order chi connectivity index (χ1) is 7.99. The summed E-state index contributed by atoms with van der Waals surface area (Å²) in [6, 6.07) is 0. The molecule has 2 aliphatic rings. The van der Waals surface area contributed by atoms with Gasteiger partial charge in [0.05, 0.1) is 0 Å². The first-order valence-electron chi connectivity index (χ1n) is 6.54. The van der Waals surface area contributed by atoms with Gasteiger partial charge >= 0.3 is 5.97 Å². The zero-order valence-electron chi connectivity index (χ0n) is 11.0. The zero-order chi connectivity index (χ0) is 12.5. The van der Waals surface area contributed by atoms with Crippen molar-refractivity contribution in [1.82, 2.24) is 0 Å². The normalized spacial score (nSPS) is 34.8. The predicted molar refractivity (Wildman–Crippen MR) is 62.5 cm³/mol. The van der Waals surface area contributed by atoms with Crippen LogP contribution in [0.3, 0.4) is 0 Å². The standard InChI is InChI=1S/C13H22O4/c1-4-5-6-7-8-13-9-15-11(14)10(13)16-12(2,3)17-13/h10H,4-9H2,1-3H3/t10-,13+/m1/s1. The van der Waals surface area contributed by atoms with E-state index < -0.39 is 17.5 Å². The van der Waals surface area contributed by atoms with Gasteiger partial charge in [-0.1, -0.05) is 32.6 Å². The van der Waals surface area contributed by atoms with Crippen molar-refractivity contribution in [3.63, 3.8) is 0 Å². The summed E-state index contributed by atoms with van der Waals surface area (Å²) in [5.74, 6) is -0.944. The molecule has 2 heterocycles. The maximum absolute atomic E-state index is 11.6. The molecule has 17 heavy (non-hydrogen) atoms. The summed E-state index contributed by atoms with van der Waals surface area (Å²) in [5, 5.41) is 0. The largest absolute Gasteiger partial charge is 0.460 e. The van der Waals surface area contributed by atoms with E-state index in [0.29, 0.717) is 6.61 Å². The molecule has 4 nitrogen and oxygen atoms in total. The minimum atomic E-state index is -0.672. The molecular formula is C13H22O4. The van der Waals surface area contributed by atoms with Gasteiger partial charge in [0, 0.05) is 0 Å². The van der Waals surface area contributed by atoms with Crippen LogP contribution in [0.5, 0.6) is 0 Å². The van der Waals surface area contributed by atoms with Crippen LogP contribution in [0.1, 0.15) is 52.9 Å². The number of carbonyl (C=O) groups is 1. The molecule has 0 saturated carbocycles. The van der Waals surface area contributed by atoms with Crippen molar-refractivity contribution in [1.29, 1.82) is 0 Å². The third kappa shape index (κ3) is 2.47. The third-order valence-electron chi connectivity index (χ3n) is 3.45. The second kappa shape index (κ2) is 4.58. The Labute approximate surface area is 103 Å². The van der Waals surface area contributed by atoms with Gasteiger partial charge in [-0.15, -0.1) is 0 Å². The first-order valence-corrected chi connectivity index (χ1v) is 6.54. The summed E-state index contributed by atoms with van der Waals surface area (Å²) in [4.78, 5) is 11.6. The highest BCUT2D eigenvalue weighted by Gasteiger charge is 2.61. The van der Waals surface area contributed by atoms with E-state index in [1.54, 1.807) is 0 Å². The SMILES string of the molecule is CCCCCC[C@]12COC(=O)[C@H]1OC(C)(C)O2. The Hall–Kier alpha value is -0.610. The maximum atomic E-state index is 11.6. The van der Waals surface area contributed by atoms with Crippen molar-refractivity contribution in [2.24, 2.45) is 0 Å². The number of unbranched alkanes of at least 4 members (excludes halogenated alkanes) is 3. The smallest absolute Gasteiger partial charge is 0.338 e. The van der Waals surface area contributed by atoms with Gasteiger partial charge in [-0.3, -0.25) is 0 Å². The van der Waals surface area contributed by atoms with Gasteiger partial charge in [-0.05, 0) is 20.3 Å². The number of cyclic esters (lactones) is 1. The van der Waals surface area contributed by atoms with Gasteiger partial charge in [-0.25, -0.2) is 4.79 Å². The zero-order valence-corrected chi connectivity index (χ0v) is 11.0. The van der Waals surface area contributed by atoms with Crippen LogP contribution in [0.25, 0.3) is 0 Å². The van der Waals surface area contributed by atoms with Crippen LogP contribution >= 0.6 is 0 Å². The average Bonchev–Trinajstić information content (AvgIpc) is 2.68. The summed E-state index contributed by atoms with van der Waals surface area (Å²) in [6.45, 7) is 6.23. The fourth-order valence-electron chi connectivity index (χ4n) is 2.70. The minimum absolute atomic E-state index is 0.272. The summed E-state index contributed by atoms with van der Waals surface area (Å²) in [5.41, 5.74) is -0.533. The highest BCUT2D eigenvalue weighted by atomic mass is 16.8. The van der Waals surface area contributed by atoms with Crippen LogP contribution < -0.4 is 0 Å². The topological polar surface area (TPSA) is 44.8 Å². The molecule has 0 aromatic rings. The molecule has 0 N–H and O–H groups in total. The molecule has 0 aromatic heterocycles. The van der Waals surface area contributed by atoms with Crippen molar-refractivity contribution < 1.29 is 19.0 Å². The molecule has 0 aromatic carbocycles. The van der Waals surface area contributed by atoms with Gasteiger partial charge in [0.15, 0.2) is 11.9 Å². The number of esters is 1. The Morgan fingerprint density at radius 2 is 2.06 bits per heavy atom. The van der Waals surface area contributed by atoms with Crippen molar-refractivity contribution in [3.8, 4) is 0 Å². The number of ether oxygens (including phenoxy) is 3. The van der Waals surface area contributed by atoms with Gasteiger partial charge in [-0.2, -0.15) is 0 Å². The molecule has 0 bridgehead atoms. The molecule has 0 radical (unpaired) electrons. The van der Waals surface area contributed by atoms with Crippen molar-refractivity contribution in [2.45, 2.75) is 70.4 Å². The number of carbonyl (C=O) groups excluding carboxylic acids is 1. The molecule has 2 fully saturated rings. The Kier molecular flexibility index (Phi) is 3.46. The Bertz CT molecular complexity index is 300. The molecule has 0 unspecified atom stereocenters. The first kappa shape index (κ1) is 12.8. The average molecular weight is 242 g/mol. The van der Waals surface area contributed by atoms with E-state index in [-0.39, 0.29) is 5.97 Å². The van der Waals surface area contributed by atoms with Crippen LogP contribution in [0.15, 0.2) is 0 Å². The van der Waals surface area contributed by atoms with Crippen molar-refractivity contribution in [2.75, 3.05) is 6.61 Å². The van der Waals surface area contributed by atoms with E-state index in [1.807, 2.05) is 13.8 Å². The molecule has 2 aliphatic heterocycles. The minimum Gasteiger partial charge on any atom is -0.460 e. The fourth-order valence-corrected chi connectivity index (χ4v) is 2.70. The quantitative estimate of drug-likeness (QED) is 0.548. The van der Waals surface area contributed by atoms with Crippen LogP contribution in [-0.2, 0) is 19.0 Å². The summed E-state index contributed by atoms with van der Waals surface area (Å²) >= 11 is 0. The Morgan fingerprint density at radius 1 is 1.29 bits per heavy atom. The second-order valence-corrected chi connectivity index (χ2v) is 5.48. The summed E-state index contributed by atoms with van der Waals surface area (Å²) in [7, 11) is 0. The number of fused-ring (bicyclic) bond motifs is 1. The Morgan fingerprint density at radius 3 is 2.76 bits per heavy atom. The highest BCUT2D eigenvalue weighted by Crippen LogP contribution is 2.43. The van der Waals surface area contributed by atoms with E-state index in [9.17, 15) is 4.79 Å². The Balaban J connectivity index is 1.98. The van der Waals surface area contributed by atoms with Crippen LogP contribution in [0.4, 0.5) is 0 Å². The van der Waals surface area contributed by atoms with Gasteiger partial charge in [0.1, 0.15) is 12.2 Å². The van der Waals surface area contributed by atoms with Crippen LogP contribution in [0, 0.1) is 0 Å². The van der Waals surface area contributed by atoms with Crippen LogP contribution in [0.2, 0.25) is 0 Å². The number of hydrogen-bond donors (Lipinski definition) is 0. The molecule has 2 rings (SSSR count). The molecule has 4 heteroatoms. The van der Waals surface area contributed by atoms with Crippen molar-refractivity contribution >= 4 is 5.97 Å². The van der Waals surface area contributed by atoms with Gasteiger partial charge in [0.2, 0.25) is 0 Å². The monoisotopic (exact) mass is 242 g/mol. The lowest BCUT2D eigenvalue weighted by Gasteiger charge is -2.25. The second-order valence-electron chi connectivity index (χ2n) is 5.48. The van der Waals surface area contributed by atoms with Gasteiger partial charge in [0.25, 0.3) is 0 Å². The molecule has 0 amide bonds. The van der Waals surface area contributed by atoms with Crippen molar-refractivity contribution in [3.05, 3.63) is 0 Å². The molecular weight excluding hydrogens is 220 g/mol. The van der Waals surface area contributed by atoms with E-state index in [2.05, 4.69) is 6.92 Å². The molecule has 2 atom stereocenters. The van der Waals surface area contributed by atoms with Crippen LogP contribution in [-0.4, -0.2) is 30.1 Å². The number of rotatable bonds is 5. The van der Waals surface area contributed by atoms with E-state index >= 15 is 0 Å². The molecule has 0 aliphatic carbocycles. The summed E-state index contributed by atoms with van der Waals surface area (Å²) in [6.07, 6.45) is 4.96. The van der Waals surface area contributed by atoms with E-state index in [4.69, 9.17) is 14.2 Å². The molecule has 2 saturated heterocycles. The summed E-state index contributed by atoms with van der Waals surface area (Å²) < 4.78 is 16.7. The van der Waals surface area contributed by atoms with Gasteiger partial charge < -0.3 is 14.2 Å². The maximum Gasteiger partial charge on any atom is 0.338 e. The fraction of sp³-hybridized carbons (Fsp3) is 0.923. The predicted octanol–water partition coefficient (Wildman–Crippen LogP) is 2.40.